The number of hydrogen-bond donors (Lipinski definition) is 2. The Balaban J connectivity index is 2.24. The Bertz CT molecular complexity index is 807. The smallest absolute Gasteiger partial charge is 0.241 e. The van der Waals surface area contributed by atoms with E-state index in [9.17, 15) is 8.42 Å². The average Bonchev–Trinajstić information content (AvgIpc) is 2.57. The van der Waals surface area contributed by atoms with Gasteiger partial charge in [0.05, 0.1) is 4.90 Å². The van der Waals surface area contributed by atoms with Gasteiger partial charge in [0.2, 0.25) is 10.0 Å². The molecule has 0 fully saturated rings. The molecule has 0 spiro atoms. The summed E-state index contributed by atoms with van der Waals surface area (Å²) in [4.78, 5) is 0.309. The lowest BCUT2D eigenvalue weighted by molar-refractivity contribution is 0.491. The molecule has 0 radical (unpaired) electrons. The second-order valence-electron chi connectivity index (χ2n) is 7.58. The molecule has 0 amide bonds. The number of benzene rings is 2. The summed E-state index contributed by atoms with van der Waals surface area (Å²) in [6.07, 6.45) is 2.35. The van der Waals surface area contributed by atoms with Crippen molar-refractivity contribution in [3.8, 4) is 11.1 Å². The minimum absolute atomic E-state index is 0.309. The Morgan fingerprint density at radius 3 is 2.23 bits per heavy atom. The third kappa shape index (κ3) is 5.94. The van der Waals surface area contributed by atoms with Crippen LogP contribution in [0.5, 0.6) is 0 Å². The highest BCUT2D eigenvalue weighted by Crippen LogP contribution is 2.28. The SMILES string of the molecule is CCCCNCc1ccc(-c2ccccc2S(=O)(=O)NC(C)(C)C)cc1. The van der Waals surface area contributed by atoms with Gasteiger partial charge in [0.1, 0.15) is 0 Å². The Morgan fingerprint density at radius 1 is 0.962 bits per heavy atom. The van der Waals surface area contributed by atoms with Crippen LogP contribution < -0.4 is 10.0 Å². The molecule has 26 heavy (non-hydrogen) atoms. The van der Waals surface area contributed by atoms with Crippen molar-refractivity contribution in [3.63, 3.8) is 0 Å². The molecule has 2 aromatic rings. The van der Waals surface area contributed by atoms with Crippen molar-refractivity contribution in [1.29, 1.82) is 0 Å². The fourth-order valence-electron chi connectivity index (χ4n) is 2.73. The quantitative estimate of drug-likeness (QED) is 0.677. The van der Waals surface area contributed by atoms with Gasteiger partial charge in [-0.3, -0.25) is 0 Å². The maximum atomic E-state index is 12.8. The number of rotatable bonds is 8. The van der Waals surface area contributed by atoms with E-state index < -0.39 is 15.6 Å². The molecule has 0 aliphatic rings. The predicted molar refractivity (Wildman–Crippen MR) is 109 cm³/mol. The van der Waals surface area contributed by atoms with Gasteiger partial charge in [0.25, 0.3) is 0 Å². The highest BCUT2D eigenvalue weighted by Gasteiger charge is 2.24. The van der Waals surface area contributed by atoms with Crippen molar-refractivity contribution in [2.45, 2.75) is 57.5 Å². The van der Waals surface area contributed by atoms with Gasteiger partial charge >= 0.3 is 0 Å². The summed E-state index contributed by atoms with van der Waals surface area (Å²) in [6, 6.07) is 15.2. The van der Waals surface area contributed by atoms with Crippen LogP contribution in [0.25, 0.3) is 11.1 Å². The van der Waals surface area contributed by atoms with E-state index >= 15 is 0 Å². The van der Waals surface area contributed by atoms with Gasteiger partial charge in [-0.2, -0.15) is 0 Å². The zero-order valence-corrected chi connectivity index (χ0v) is 17.0. The highest BCUT2D eigenvalue weighted by molar-refractivity contribution is 7.89. The van der Waals surface area contributed by atoms with Gasteiger partial charge in [-0.1, -0.05) is 55.8 Å². The topological polar surface area (TPSA) is 58.2 Å². The predicted octanol–water partition coefficient (Wildman–Crippen LogP) is 4.32. The van der Waals surface area contributed by atoms with E-state index in [1.165, 1.54) is 18.4 Å². The van der Waals surface area contributed by atoms with Crippen molar-refractivity contribution >= 4 is 10.0 Å². The van der Waals surface area contributed by atoms with Gasteiger partial charge in [-0.05, 0) is 50.9 Å². The Kier molecular flexibility index (Phi) is 6.98. The van der Waals surface area contributed by atoms with Crippen molar-refractivity contribution < 1.29 is 8.42 Å². The third-order valence-corrected chi connectivity index (χ3v) is 5.73. The first-order valence-corrected chi connectivity index (χ1v) is 10.6. The number of hydrogen-bond acceptors (Lipinski definition) is 3. The van der Waals surface area contributed by atoms with Crippen molar-refractivity contribution in [1.82, 2.24) is 10.0 Å². The van der Waals surface area contributed by atoms with E-state index in [0.717, 1.165) is 24.2 Å². The molecule has 0 saturated carbocycles. The maximum Gasteiger partial charge on any atom is 0.241 e. The summed E-state index contributed by atoms with van der Waals surface area (Å²) in [5.41, 5.74) is 2.28. The van der Waals surface area contributed by atoms with E-state index in [1.54, 1.807) is 12.1 Å². The van der Waals surface area contributed by atoms with Crippen LogP contribution in [0.1, 0.15) is 46.1 Å². The standard InChI is InChI=1S/C21H30N2O2S/c1-5-6-15-22-16-17-11-13-18(14-12-17)19-9-7-8-10-20(19)26(24,25)23-21(2,3)4/h7-14,22-23H,5-6,15-16H2,1-4H3. The molecular formula is C21H30N2O2S. The molecular weight excluding hydrogens is 344 g/mol. The van der Waals surface area contributed by atoms with Gasteiger partial charge in [0.15, 0.2) is 0 Å². The van der Waals surface area contributed by atoms with Crippen molar-refractivity contribution in [3.05, 3.63) is 54.1 Å². The molecule has 0 aliphatic carbocycles. The van der Waals surface area contributed by atoms with Crippen molar-refractivity contribution in [2.75, 3.05) is 6.54 Å². The Morgan fingerprint density at radius 2 is 1.62 bits per heavy atom. The van der Waals surface area contributed by atoms with Crippen LogP contribution in [0, 0.1) is 0 Å². The monoisotopic (exact) mass is 374 g/mol. The molecule has 0 saturated heterocycles. The minimum atomic E-state index is -3.59. The van der Waals surface area contributed by atoms with Crippen molar-refractivity contribution in [2.24, 2.45) is 0 Å². The molecule has 0 aromatic heterocycles. The van der Waals surface area contributed by atoms with Gasteiger partial charge in [-0.25, -0.2) is 13.1 Å². The molecule has 142 valence electrons. The number of sulfonamides is 1. The second kappa shape index (κ2) is 8.80. The summed E-state index contributed by atoms with van der Waals surface area (Å²) < 4.78 is 28.3. The van der Waals surface area contributed by atoms with Crippen LogP contribution in [0.3, 0.4) is 0 Å². The van der Waals surface area contributed by atoms with Crippen LogP contribution >= 0.6 is 0 Å². The van der Waals surface area contributed by atoms with Crippen LogP contribution in [0.2, 0.25) is 0 Å². The molecule has 5 heteroatoms. The largest absolute Gasteiger partial charge is 0.313 e. The van der Waals surface area contributed by atoms with E-state index in [1.807, 2.05) is 45.0 Å². The normalized spacial score (nSPS) is 12.3. The lowest BCUT2D eigenvalue weighted by Crippen LogP contribution is -2.40. The summed E-state index contributed by atoms with van der Waals surface area (Å²) in [5, 5.41) is 3.42. The molecule has 0 heterocycles. The summed E-state index contributed by atoms with van der Waals surface area (Å²) in [5.74, 6) is 0. The Hall–Kier alpha value is -1.69. The fraction of sp³-hybridized carbons (Fsp3) is 0.429. The molecule has 2 aromatic carbocycles. The Labute approximate surface area is 158 Å². The maximum absolute atomic E-state index is 12.8. The zero-order chi connectivity index (χ0) is 19.2. The van der Waals surface area contributed by atoms with Gasteiger partial charge in [-0.15, -0.1) is 0 Å². The molecule has 0 atom stereocenters. The number of nitrogens with one attached hydrogen (secondary N) is 2. The van der Waals surface area contributed by atoms with E-state index in [-0.39, 0.29) is 0 Å². The lowest BCUT2D eigenvalue weighted by Gasteiger charge is -2.21. The van der Waals surface area contributed by atoms with Crippen LogP contribution in [-0.2, 0) is 16.6 Å². The van der Waals surface area contributed by atoms with Gasteiger partial charge < -0.3 is 5.32 Å². The second-order valence-corrected chi connectivity index (χ2v) is 9.23. The van der Waals surface area contributed by atoms with Crippen LogP contribution in [0.15, 0.2) is 53.4 Å². The summed E-state index contributed by atoms with van der Waals surface area (Å²) >= 11 is 0. The van der Waals surface area contributed by atoms with E-state index in [4.69, 9.17) is 0 Å². The first-order chi connectivity index (χ1) is 12.2. The molecule has 0 bridgehead atoms. The molecule has 0 aliphatic heterocycles. The number of unbranched alkanes of at least 4 members (excludes halogenated alkanes) is 1. The van der Waals surface area contributed by atoms with Crippen LogP contribution in [0.4, 0.5) is 0 Å². The van der Waals surface area contributed by atoms with E-state index in [2.05, 4.69) is 29.1 Å². The molecule has 0 unspecified atom stereocenters. The first kappa shape index (κ1) is 20.6. The lowest BCUT2D eigenvalue weighted by atomic mass is 10.0. The highest BCUT2D eigenvalue weighted by atomic mass is 32.2. The molecule has 2 rings (SSSR count). The zero-order valence-electron chi connectivity index (χ0n) is 16.2. The average molecular weight is 375 g/mol. The third-order valence-electron chi connectivity index (χ3n) is 3.92. The molecule has 2 N–H and O–H groups in total. The van der Waals surface area contributed by atoms with Crippen LogP contribution in [-0.4, -0.2) is 20.5 Å². The first-order valence-electron chi connectivity index (χ1n) is 9.16. The fourth-order valence-corrected chi connectivity index (χ4v) is 4.38. The summed E-state index contributed by atoms with van der Waals surface area (Å²) in [7, 11) is -3.59. The molecule has 4 nitrogen and oxygen atoms in total. The van der Waals surface area contributed by atoms with Gasteiger partial charge in [0, 0.05) is 17.6 Å². The summed E-state index contributed by atoms with van der Waals surface area (Å²) in [6.45, 7) is 9.54. The van der Waals surface area contributed by atoms with E-state index in [0.29, 0.717) is 4.90 Å². The minimum Gasteiger partial charge on any atom is -0.313 e.